The van der Waals surface area contributed by atoms with Gasteiger partial charge in [0.1, 0.15) is 17.5 Å². The number of alkyl halides is 3. The number of benzene rings is 1. The average molecular weight is 364 g/mol. The molecule has 0 saturated heterocycles. The van der Waals surface area contributed by atoms with Crippen LogP contribution in [0.5, 0.6) is 11.5 Å². The molecule has 1 rings (SSSR count). The molecule has 1 atom stereocenters. The molecule has 0 fully saturated rings. The number of hydrogen-bond acceptors (Lipinski definition) is 6. The van der Waals surface area contributed by atoms with Crippen molar-refractivity contribution in [1.29, 1.82) is 5.41 Å². The minimum Gasteiger partial charge on any atom is -0.507 e. The Kier molecular flexibility index (Phi) is 9.64. The van der Waals surface area contributed by atoms with Crippen molar-refractivity contribution in [2.75, 3.05) is 6.54 Å². The highest BCUT2D eigenvalue weighted by molar-refractivity contribution is 5.86. The number of aliphatic imine (C=N–C) groups is 1. The van der Waals surface area contributed by atoms with Crippen LogP contribution in [0.1, 0.15) is 18.4 Å². The van der Waals surface area contributed by atoms with Crippen molar-refractivity contribution in [2.45, 2.75) is 25.2 Å². The number of halogens is 3. The molecule has 7 N–H and O–H groups in total. The Balaban J connectivity index is 0.00000178. The summed E-state index contributed by atoms with van der Waals surface area (Å²) in [7, 11) is 0. The second kappa shape index (κ2) is 10.9. The molecule has 0 bridgehead atoms. The maximum atomic E-state index is 12.1. The summed E-state index contributed by atoms with van der Waals surface area (Å²) < 4.78 is 40.1. The quantitative estimate of drug-likeness (QED) is 0.364. The molecule has 1 aromatic carbocycles. The van der Waals surface area contributed by atoms with E-state index >= 15 is 0 Å². The minimum atomic E-state index is -4.86. The van der Waals surface area contributed by atoms with Crippen molar-refractivity contribution in [2.24, 2.45) is 16.5 Å². The summed E-state index contributed by atoms with van der Waals surface area (Å²) in [5.41, 5.74) is 9.59. The number of aliphatic carboxylic acids is 1. The molecular formula is C14H19F3N4O4. The van der Waals surface area contributed by atoms with Crippen LogP contribution >= 0.6 is 0 Å². The van der Waals surface area contributed by atoms with Gasteiger partial charge in [0, 0.05) is 11.8 Å². The van der Waals surface area contributed by atoms with Crippen LogP contribution in [0.15, 0.2) is 23.2 Å². The Morgan fingerprint density at radius 2 is 2.04 bits per heavy atom. The highest BCUT2D eigenvalue weighted by Crippen LogP contribution is 2.27. The fraction of sp³-hybridized carbons (Fsp3) is 0.357. The summed E-state index contributed by atoms with van der Waals surface area (Å²) >= 11 is 0. The largest absolute Gasteiger partial charge is 0.573 e. The molecule has 1 unspecified atom stereocenters. The molecular weight excluding hydrogens is 345 g/mol. The Morgan fingerprint density at radius 3 is 2.52 bits per heavy atom. The highest BCUT2D eigenvalue weighted by Gasteiger charge is 2.31. The molecule has 0 radical (unpaired) electrons. The van der Waals surface area contributed by atoms with E-state index in [4.69, 9.17) is 16.2 Å². The first-order valence-electron chi connectivity index (χ1n) is 6.90. The van der Waals surface area contributed by atoms with Crippen LogP contribution < -0.4 is 16.2 Å². The van der Waals surface area contributed by atoms with Gasteiger partial charge in [0.15, 0.2) is 0 Å². The lowest BCUT2D eigenvalue weighted by Gasteiger charge is -2.10. The number of nitrogens with one attached hydrogen (secondary N) is 1. The first-order valence-corrected chi connectivity index (χ1v) is 6.90. The predicted octanol–water partition coefficient (Wildman–Crippen LogP) is 1.45. The van der Waals surface area contributed by atoms with E-state index in [-0.39, 0.29) is 17.7 Å². The molecule has 140 valence electrons. The van der Waals surface area contributed by atoms with Crippen LogP contribution in [-0.2, 0) is 4.79 Å². The number of phenols is 1. The number of hydrogen-bond donors (Lipinski definition) is 5. The third-order valence-electron chi connectivity index (χ3n) is 2.59. The van der Waals surface area contributed by atoms with E-state index in [1.165, 1.54) is 0 Å². The summed E-state index contributed by atoms with van der Waals surface area (Å²) in [6, 6.07) is 1.75. The smallest absolute Gasteiger partial charge is 0.507 e. The fourth-order valence-corrected chi connectivity index (χ4v) is 1.58. The molecule has 8 nitrogen and oxygen atoms in total. The van der Waals surface area contributed by atoms with Gasteiger partial charge in [0.05, 0.1) is 6.34 Å². The Morgan fingerprint density at radius 1 is 1.44 bits per heavy atom. The molecule has 25 heavy (non-hydrogen) atoms. The maximum Gasteiger partial charge on any atom is 0.573 e. The molecule has 1 aromatic rings. The van der Waals surface area contributed by atoms with Gasteiger partial charge in [-0.1, -0.05) is 0 Å². The van der Waals surface area contributed by atoms with Crippen LogP contribution in [-0.4, -0.2) is 47.7 Å². The third kappa shape index (κ3) is 9.81. The van der Waals surface area contributed by atoms with Crippen molar-refractivity contribution in [1.82, 2.24) is 0 Å². The molecule has 0 spiro atoms. The monoisotopic (exact) mass is 364 g/mol. The van der Waals surface area contributed by atoms with Crippen molar-refractivity contribution in [3.8, 4) is 11.5 Å². The van der Waals surface area contributed by atoms with Gasteiger partial charge >= 0.3 is 12.3 Å². The second-order valence-corrected chi connectivity index (χ2v) is 4.50. The van der Waals surface area contributed by atoms with Gasteiger partial charge in [0.2, 0.25) is 0 Å². The van der Waals surface area contributed by atoms with Crippen LogP contribution in [0, 0.1) is 5.41 Å². The molecule has 0 saturated carbocycles. The van der Waals surface area contributed by atoms with E-state index < -0.39 is 24.1 Å². The van der Waals surface area contributed by atoms with Gasteiger partial charge in [-0.25, -0.2) is 4.79 Å². The van der Waals surface area contributed by atoms with Crippen molar-refractivity contribution in [3.63, 3.8) is 0 Å². The second-order valence-electron chi connectivity index (χ2n) is 4.50. The summed E-state index contributed by atoms with van der Waals surface area (Å²) in [6.07, 6.45) is -2.51. The number of carboxylic acids is 1. The molecule has 0 amide bonds. The lowest BCUT2D eigenvalue weighted by Crippen LogP contribution is -2.19. The van der Waals surface area contributed by atoms with Gasteiger partial charge in [-0.2, -0.15) is 0 Å². The number of ether oxygens (including phenoxy) is 1. The van der Waals surface area contributed by atoms with E-state index in [1.807, 2.05) is 0 Å². The van der Waals surface area contributed by atoms with Gasteiger partial charge < -0.3 is 26.4 Å². The normalized spacial score (nSPS) is 12.2. The maximum absolute atomic E-state index is 12.1. The first kappa shape index (κ1) is 22.2. The lowest BCUT2D eigenvalue weighted by atomic mass is 10.1. The topological polar surface area (TPSA) is 155 Å². The van der Waals surface area contributed by atoms with Crippen molar-refractivity contribution < 1.29 is 32.9 Å². The van der Waals surface area contributed by atoms with E-state index in [9.17, 15) is 23.1 Å². The zero-order valence-corrected chi connectivity index (χ0v) is 13.0. The van der Waals surface area contributed by atoms with Gasteiger partial charge in [-0.3, -0.25) is 10.4 Å². The van der Waals surface area contributed by atoms with E-state index in [1.54, 1.807) is 0 Å². The molecule has 0 heterocycles. The van der Waals surface area contributed by atoms with Gasteiger partial charge in [-0.15, -0.1) is 13.2 Å². The molecule has 0 aliphatic carbocycles. The Labute approximate surface area is 141 Å². The van der Waals surface area contributed by atoms with Crippen LogP contribution in [0.3, 0.4) is 0 Å². The average Bonchev–Trinajstić information content (AvgIpc) is 2.49. The van der Waals surface area contributed by atoms with Gasteiger partial charge in [-0.05, 0) is 37.6 Å². The zero-order valence-electron chi connectivity index (χ0n) is 13.0. The number of nitrogens with zero attached hydrogens (tertiary/aromatic N) is 1. The number of aromatic hydroxyl groups is 1. The SMILES string of the molecule is N=CN.NCCCC(N=Cc1cc(OC(F)(F)F)ccc1O)C(=O)O. The van der Waals surface area contributed by atoms with Crippen LogP contribution in [0.2, 0.25) is 0 Å². The number of phenolic OH excluding ortho intramolecular Hbond substituents is 1. The Hall–Kier alpha value is -2.82. The molecule has 11 heteroatoms. The number of rotatable bonds is 7. The zero-order chi connectivity index (χ0) is 19.5. The Bertz CT molecular complexity index is 594. The number of nitrogens with two attached hydrogens (primary N) is 2. The van der Waals surface area contributed by atoms with Crippen molar-refractivity contribution in [3.05, 3.63) is 23.8 Å². The first-order chi connectivity index (χ1) is 11.6. The molecule has 0 aliphatic rings. The van der Waals surface area contributed by atoms with E-state index in [2.05, 4.69) is 15.5 Å². The highest BCUT2D eigenvalue weighted by atomic mass is 19.4. The fourth-order valence-electron chi connectivity index (χ4n) is 1.58. The number of carbonyl (C=O) groups is 1. The third-order valence-corrected chi connectivity index (χ3v) is 2.59. The summed E-state index contributed by atoms with van der Waals surface area (Å²) in [5.74, 6) is -2.08. The van der Waals surface area contributed by atoms with E-state index in [0.29, 0.717) is 13.0 Å². The molecule has 0 aromatic heterocycles. The summed E-state index contributed by atoms with van der Waals surface area (Å²) in [4.78, 5) is 14.7. The lowest BCUT2D eigenvalue weighted by molar-refractivity contribution is -0.274. The summed E-state index contributed by atoms with van der Waals surface area (Å²) in [6.45, 7) is 0.291. The van der Waals surface area contributed by atoms with E-state index in [0.717, 1.165) is 30.8 Å². The van der Waals surface area contributed by atoms with Crippen molar-refractivity contribution >= 4 is 18.5 Å². The molecule has 0 aliphatic heterocycles. The minimum absolute atomic E-state index is 0.0826. The van der Waals surface area contributed by atoms with Crippen LogP contribution in [0.4, 0.5) is 13.2 Å². The predicted molar refractivity (Wildman–Crippen MR) is 85.1 cm³/mol. The standard InChI is InChI=1S/C13H15F3N2O4.CH4N2/c14-13(15,16)22-9-3-4-11(19)8(6-9)7-18-10(12(20)21)2-1-5-17;2-1-3/h3-4,6-7,10,19H,1-2,5,17H2,(H,20,21);1H,(H3,2,3). The van der Waals surface area contributed by atoms with Gasteiger partial charge in [0.25, 0.3) is 0 Å². The van der Waals surface area contributed by atoms with Crippen LogP contribution in [0.25, 0.3) is 0 Å². The number of carboxylic acid groups (broad SMARTS) is 1. The summed E-state index contributed by atoms with van der Waals surface area (Å²) in [5, 5.41) is 24.4.